The molecule has 2 heterocycles. The quantitative estimate of drug-likeness (QED) is 0.624. The van der Waals surface area contributed by atoms with Crippen molar-refractivity contribution in [1.82, 2.24) is 14.8 Å². The van der Waals surface area contributed by atoms with Crippen LogP contribution in [0.4, 0.5) is 0 Å². The fraction of sp³-hybridized carbons (Fsp3) is 0.167. The van der Waals surface area contributed by atoms with Crippen LogP contribution < -0.4 is 0 Å². The van der Waals surface area contributed by atoms with Crippen LogP contribution in [-0.4, -0.2) is 14.8 Å². The third-order valence-corrected chi connectivity index (χ3v) is 2.65. The number of hydrogen-bond donors (Lipinski definition) is 0. The highest BCUT2D eigenvalue weighted by Gasteiger charge is 2.12. The lowest BCUT2D eigenvalue weighted by molar-refractivity contribution is 0.533. The Hall–Kier alpha value is -2.10. The first-order valence-electron chi connectivity index (χ1n) is 5.10. The third-order valence-electron chi connectivity index (χ3n) is 2.65. The maximum atomic E-state index is 5.46. The van der Waals surface area contributed by atoms with Crippen molar-refractivity contribution in [2.75, 3.05) is 0 Å². The van der Waals surface area contributed by atoms with Gasteiger partial charge in [0.05, 0.1) is 5.56 Å². The Balaban J connectivity index is 2.32. The van der Waals surface area contributed by atoms with Crippen LogP contribution in [0.5, 0.6) is 0 Å². The summed E-state index contributed by atoms with van der Waals surface area (Å²) in [5.74, 6) is 1.16. The molecule has 0 radical (unpaired) electrons. The predicted octanol–water partition coefficient (Wildman–Crippen LogP) is 2.54. The SMILES string of the molecule is Cc1nnc(-c2cn(C)c3ccccc23)o1. The summed E-state index contributed by atoms with van der Waals surface area (Å²) >= 11 is 0. The summed E-state index contributed by atoms with van der Waals surface area (Å²) in [7, 11) is 2.01. The second-order valence-corrected chi connectivity index (χ2v) is 3.80. The monoisotopic (exact) mass is 213 g/mol. The van der Waals surface area contributed by atoms with Crippen molar-refractivity contribution in [3.05, 3.63) is 36.4 Å². The van der Waals surface area contributed by atoms with Gasteiger partial charge in [-0.25, -0.2) is 0 Å². The van der Waals surface area contributed by atoms with Gasteiger partial charge in [-0.05, 0) is 6.07 Å². The minimum absolute atomic E-state index is 0.578. The van der Waals surface area contributed by atoms with Crippen LogP contribution in [0.25, 0.3) is 22.4 Å². The molecule has 0 N–H and O–H groups in total. The smallest absolute Gasteiger partial charge is 0.249 e. The van der Waals surface area contributed by atoms with Gasteiger partial charge in [-0.15, -0.1) is 10.2 Å². The Morgan fingerprint density at radius 3 is 2.75 bits per heavy atom. The van der Waals surface area contributed by atoms with Gasteiger partial charge < -0.3 is 8.98 Å². The Labute approximate surface area is 92.5 Å². The minimum Gasteiger partial charge on any atom is -0.421 e. The predicted molar refractivity (Wildman–Crippen MR) is 60.9 cm³/mol. The second-order valence-electron chi connectivity index (χ2n) is 3.80. The van der Waals surface area contributed by atoms with Crippen LogP contribution in [0.15, 0.2) is 34.9 Å². The molecule has 2 aromatic heterocycles. The van der Waals surface area contributed by atoms with Crippen LogP contribution in [0.1, 0.15) is 5.89 Å². The lowest BCUT2D eigenvalue weighted by Crippen LogP contribution is -1.81. The van der Waals surface area contributed by atoms with E-state index in [1.54, 1.807) is 6.92 Å². The third kappa shape index (κ3) is 1.23. The van der Waals surface area contributed by atoms with E-state index in [1.165, 1.54) is 0 Å². The van der Waals surface area contributed by atoms with E-state index >= 15 is 0 Å². The molecule has 3 rings (SSSR count). The molecule has 3 aromatic rings. The van der Waals surface area contributed by atoms with Gasteiger partial charge in [0.25, 0.3) is 0 Å². The fourth-order valence-electron chi connectivity index (χ4n) is 1.92. The first kappa shape index (κ1) is 9.15. The lowest BCUT2D eigenvalue weighted by atomic mass is 10.2. The molecule has 0 aliphatic carbocycles. The molecule has 80 valence electrons. The number of aromatic nitrogens is 3. The molecule has 0 saturated heterocycles. The zero-order valence-corrected chi connectivity index (χ0v) is 9.14. The first-order valence-corrected chi connectivity index (χ1v) is 5.10. The van der Waals surface area contributed by atoms with Gasteiger partial charge in [-0.1, -0.05) is 18.2 Å². The number of hydrogen-bond acceptors (Lipinski definition) is 3. The highest BCUT2D eigenvalue weighted by atomic mass is 16.4. The van der Waals surface area contributed by atoms with E-state index in [2.05, 4.69) is 26.9 Å². The Morgan fingerprint density at radius 1 is 1.19 bits per heavy atom. The van der Waals surface area contributed by atoms with Crippen molar-refractivity contribution >= 4 is 10.9 Å². The highest BCUT2D eigenvalue weighted by molar-refractivity contribution is 5.93. The standard InChI is InChI=1S/C12H11N3O/c1-8-13-14-12(16-8)10-7-15(2)11-6-4-3-5-9(10)11/h3-7H,1-2H3. The van der Waals surface area contributed by atoms with Crippen molar-refractivity contribution in [2.45, 2.75) is 6.92 Å². The van der Waals surface area contributed by atoms with Crippen LogP contribution in [-0.2, 0) is 7.05 Å². The van der Waals surface area contributed by atoms with Crippen molar-refractivity contribution < 1.29 is 4.42 Å². The maximum Gasteiger partial charge on any atom is 0.249 e. The molecule has 0 bridgehead atoms. The molecule has 0 amide bonds. The maximum absolute atomic E-state index is 5.46. The zero-order chi connectivity index (χ0) is 11.1. The van der Waals surface area contributed by atoms with Crippen molar-refractivity contribution in [1.29, 1.82) is 0 Å². The van der Waals surface area contributed by atoms with Crippen molar-refractivity contribution in [2.24, 2.45) is 7.05 Å². The molecule has 4 nitrogen and oxygen atoms in total. The number of nitrogens with zero attached hydrogens (tertiary/aromatic N) is 3. The average Bonchev–Trinajstić information content (AvgIpc) is 2.84. The molecule has 0 spiro atoms. The largest absolute Gasteiger partial charge is 0.421 e. The highest BCUT2D eigenvalue weighted by Crippen LogP contribution is 2.28. The van der Waals surface area contributed by atoms with E-state index in [9.17, 15) is 0 Å². The van der Waals surface area contributed by atoms with Gasteiger partial charge in [0.15, 0.2) is 0 Å². The molecule has 0 aliphatic heterocycles. The molecule has 0 saturated carbocycles. The van der Waals surface area contributed by atoms with Gasteiger partial charge in [-0.2, -0.15) is 0 Å². The molecule has 16 heavy (non-hydrogen) atoms. The van der Waals surface area contributed by atoms with E-state index in [4.69, 9.17) is 4.42 Å². The number of rotatable bonds is 1. The van der Waals surface area contributed by atoms with Crippen LogP contribution in [0.3, 0.4) is 0 Å². The van der Waals surface area contributed by atoms with Crippen LogP contribution >= 0.6 is 0 Å². The molecular weight excluding hydrogens is 202 g/mol. The number of para-hydroxylation sites is 1. The normalized spacial score (nSPS) is 11.1. The number of aryl methyl sites for hydroxylation is 2. The number of fused-ring (bicyclic) bond motifs is 1. The van der Waals surface area contributed by atoms with Gasteiger partial charge in [-0.3, -0.25) is 0 Å². The summed E-state index contributed by atoms with van der Waals surface area (Å²) in [5.41, 5.74) is 2.15. The topological polar surface area (TPSA) is 43.9 Å². The first-order chi connectivity index (χ1) is 7.75. The van der Waals surface area contributed by atoms with E-state index < -0.39 is 0 Å². The van der Waals surface area contributed by atoms with E-state index in [0.29, 0.717) is 11.8 Å². The van der Waals surface area contributed by atoms with E-state index in [1.807, 2.05) is 25.4 Å². The van der Waals surface area contributed by atoms with Crippen LogP contribution in [0.2, 0.25) is 0 Å². The molecule has 0 atom stereocenters. The van der Waals surface area contributed by atoms with E-state index in [-0.39, 0.29) is 0 Å². The van der Waals surface area contributed by atoms with Gasteiger partial charge in [0.1, 0.15) is 0 Å². The van der Waals surface area contributed by atoms with Gasteiger partial charge in [0, 0.05) is 31.1 Å². The second kappa shape index (κ2) is 3.20. The van der Waals surface area contributed by atoms with Gasteiger partial charge >= 0.3 is 0 Å². The molecule has 4 heteroatoms. The Morgan fingerprint density at radius 2 is 2.00 bits per heavy atom. The summed E-state index contributed by atoms with van der Waals surface area (Å²) in [6, 6.07) is 8.16. The molecular formula is C12H11N3O. The molecule has 0 fully saturated rings. The summed E-state index contributed by atoms with van der Waals surface area (Å²) < 4.78 is 7.52. The van der Waals surface area contributed by atoms with Crippen LogP contribution in [0, 0.1) is 6.92 Å². The minimum atomic E-state index is 0.578. The summed E-state index contributed by atoms with van der Waals surface area (Å²) in [6.07, 6.45) is 2.01. The zero-order valence-electron chi connectivity index (χ0n) is 9.14. The summed E-state index contributed by atoms with van der Waals surface area (Å²) in [5, 5.41) is 9.04. The van der Waals surface area contributed by atoms with Gasteiger partial charge in [0.2, 0.25) is 11.8 Å². The average molecular weight is 213 g/mol. The Bertz CT molecular complexity index is 651. The fourth-order valence-corrected chi connectivity index (χ4v) is 1.92. The van der Waals surface area contributed by atoms with Crippen molar-refractivity contribution in [3.8, 4) is 11.5 Å². The van der Waals surface area contributed by atoms with E-state index in [0.717, 1.165) is 16.5 Å². The Kier molecular flexibility index (Phi) is 1.83. The lowest BCUT2D eigenvalue weighted by Gasteiger charge is -1.93. The molecule has 0 aliphatic rings. The number of benzene rings is 1. The summed E-state index contributed by atoms with van der Waals surface area (Å²) in [4.78, 5) is 0. The molecule has 1 aromatic carbocycles. The summed E-state index contributed by atoms with van der Waals surface area (Å²) in [6.45, 7) is 1.79. The molecule has 0 unspecified atom stereocenters. The van der Waals surface area contributed by atoms with Crippen molar-refractivity contribution in [3.63, 3.8) is 0 Å².